The van der Waals surface area contributed by atoms with Crippen LogP contribution in [0.4, 0.5) is 0 Å². The number of para-hydroxylation sites is 1. The fraction of sp³-hybridized carbons (Fsp3) is 0.105. The quantitative estimate of drug-likeness (QED) is 0.326. The number of hydrazine groups is 1. The zero-order chi connectivity index (χ0) is 20.6. The fourth-order valence-electron chi connectivity index (χ4n) is 2.40. The summed E-state index contributed by atoms with van der Waals surface area (Å²) in [7, 11) is 0. The van der Waals surface area contributed by atoms with Gasteiger partial charge >= 0.3 is 0 Å². The summed E-state index contributed by atoms with van der Waals surface area (Å²) in [5, 5.41) is 11.3. The standard InChI is InChI=1S/C19H18N6O2S2/c1-13-21-24-19(25(13)15-10-6-3-7-11-15)29-12-16(26)22-23-18(28)20-17(27)14-8-4-2-5-9-14/h2-11H,12H2,1H3,(H,22,26)(H2,20,23,27,28). The van der Waals surface area contributed by atoms with E-state index in [0.29, 0.717) is 10.7 Å². The summed E-state index contributed by atoms with van der Waals surface area (Å²) in [6.45, 7) is 1.85. The number of carbonyl (C=O) groups is 2. The van der Waals surface area contributed by atoms with Gasteiger partial charge in [-0.15, -0.1) is 10.2 Å². The van der Waals surface area contributed by atoms with E-state index in [9.17, 15) is 9.59 Å². The van der Waals surface area contributed by atoms with Gasteiger partial charge < -0.3 is 0 Å². The fourth-order valence-corrected chi connectivity index (χ4v) is 3.34. The van der Waals surface area contributed by atoms with Crippen LogP contribution in [0.3, 0.4) is 0 Å². The third kappa shape index (κ3) is 5.62. The summed E-state index contributed by atoms with van der Waals surface area (Å²) >= 11 is 6.26. The van der Waals surface area contributed by atoms with E-state index < -0.39 is 0 Å². The Bertz CT molecular complexity index is 1010. The van der Waals surface area contributed by atoms with Gasteiger partial charge in [-0.25, -0.2) is 0 Å². The first-order valence-electron chi connectivity index (χ1n) is 8.60. The molecule has 0 aliphatic rings. The molecule has 0 saturated heterocycles. The number of thioether (sulfide) groups is 1. The average molecular weight is 427 g/mol. The van der Waals surface area contributed by atoms with Crippen LogP contribution >= 0.6 is 24.0 Å². The Kier molecular flexibility index (Phi) is 6.93. The van der Waals surface area contributed by atoms with E-state index in [-0.39, 0.29) is 22.7 Å². The van der Waals surface area contributed by atoms with Crippen LogP contribution < -0.4 is 16.2 Å². The van der Waals surface area contributed by atoms with Gasteiger partial charge in [0.25, 0.3) is 5.91 Å². The zero-order valence-electron chi connectivity index (χ0n) is 15.5. The van der Waals surface area contributed by atoms with Crippen molar-refractivity contribution in [3.63, 3.8) is 0 Å². The van der Waals surface area contributed by atoms with E-state index in [1.165, 1.54) is 11.8 Å². The zero-order valence-corrected chi connectivity index (χ0v) is 17.1. The summed E-state index contributed by atoms with van der Waals surface area (Å²) < 4.78 is 1.87. The lowest BCUT2D eigenvalue weighted by atomic mass is 10.2. The lowest BCUT2D eigenvalue weighted by molar-refractivity contribution is -0.119. The Morgan fingerprint density at radius 2 is 1.66 bits per heavy atom. The number of nitrogens with zero attached hydrogens (tertiary/aromatic N) is 3. The topological polar surface area (TPSA) is 101 Å². The number of carbonyl (C=O) groups excluding carboxylic acids is 2. The molecule has 29 heavy (non-hydrogen) atoms. The molecule has 0 unspecified atom stereocenters. The van der Waals surface area contributed by atoms with Gasteiger partial charge in [0.2, 0.25) is 5.91 Å². The maximum atomic E-state index is 12.1. The minimum atomic E-state index is -0.363. The second-order valence-electron chi connectivity index (χ2n) is 5.81. The first kappa shape index (κ1) is 20.5. The molecule has 148 valence electrons. The highest BCUT2D eigenvalue weighted by molar-refractivity contribution is 7.99. The molecule has 0 atom stereocenters. The molecule has 0 radical (unpaired) electrons. The molecule has 3 N–H and O–H groups in total. The van der Waals surface area contributed by atoms with Gasteiger partial charge in [0.1, 0.15) is 5.82 Å². The van der Waals surface area contributed by atoms with Crippen molar-refractivity contribution >= 4 is 40.9 Å². The number of rotatable bonds is 5. The van der Waals surface area contributed by atoms with Crippen molar-refractivity contribution in [1.29, 1.82) is 0 Å². The third-order valence-corrected chi connectivity index (χ3v) is 4.85. The van der Waals surface area contributed by atoms with E-state index in [1.54, 1.807) is 24.3 Å². The number of thiocarbonyl (C=S) groups is 1. The van der Waals surface area contributed by atoms with Crippen molar-refractivity contribution in [2.75, 3.05) is 5.75 Å². The Morgan fingerprint density at radius 1 is 1.00 bits per heavy atom. The summed E-state index contributed by atoms with van der Waals surface area (Å²) in [4.78, 5) is 24.1. The highest BCUT2D eigenvalue weighted by atomic mass is 32.2. The SMILES string of the molecule is Cc1nnc(SCC(=O)NNC(=S)NC(=O)c2ccccc2)n1-c1ccccc1. The Hall–Kier alpha value is -3.24. The smallest absolute Gasteiger partial charge is 0.257 e. The van der Waals surface area contributed by atoms with Crippen LogP contribution in [-0.2, 0) is 4.79 Å². The van der Waals surface area contributed by atoms with E-state index in [0.717, 1.165) is 11.5 Å². The second kappa shape index (κ2) is 9.80. The normalized spacial score (nSPS) is 10.2. The van der Waals surface area contributed by atoms with Gasteiger partial charge in [-0.05, 0) is 43.4 Å². The monoisotopic (exact) mass is 426 g/mol. The number of nitrogens with one attached hydrogen (secondary N) is 3. The molecule has 2 amide bonds. The molecule has 0 aliphatic heterocycles. The Labute approximate surface area is 177 Å². The van der Waals surface area contributed by atoms with Crippen LogP contribution in [0.25, 0.3) is 5.69 Å². The number of aryl methyl sites for hydroxylation is 1. The number of amides is 2. The predicted molar refractivity (Wildman–Crippen MR) is 115 cm³/mol. The van der Waals surface area contributed by atoms with Crippen molar-refractivity contribution < 1.29 is 9.59 Å². The van der Waals surface area contributed by atoms with Gasteiger partial charge in [0.15, 0.2) is 10.3 Å². The molecular weight excluding hydrogens is 408 g/mol. The third-order valence-electron chi connectivity index (χ3n) is 3.72. The first-order chi connectivity index (χ1) is 14.0. The lowest BCUT2D eigenvalue weighted by Crippen LogP contribution is -2.49. The molecule has 0 saturated carbocycles. The number of hydrogen-bond acceptors (Lipinski definition) is 6. The van der Waals surface area contributed by atoms with Crippen LogP contribution in [0.5, 0.6) is 0 Å². The highest BCUT2D eigenvalue weighted by Crippen LogP contribution is 2.21. The van der Waals surface area contributed by atoms with Gasteiger partial charge in [0, 0.05) is 11.3 Å². The summed E-state index contributed by atoms with van der Waals surface area (Å²) in [5.74, 6) is 0.125. The van der Waals surface area contributed by atoms with Gasteiger partial charge in [-0.3, -0.25) is 30.3 Å². The van der Waals surface area contributed by atoms with Crippen molar-refractivity contribution in [3.8, 4) is 5.69 Å². The molecule has 10 heteroatoms. The van der Waals surface area contributed by atoms with Crippen molar-refractivity contribution in [1.82, 2.24) is 30.9 Å². The molecule has 0 bridgehead atoms. The van der Waals surface area contributed by atoms with E-state index in [4.69, 9.17) is 12.2 Å². The van der Waals surface area contributed by atoms with Crippen molar-refractivity contribution in [2.24, 2.45) is 0 Å². The molecule has 0 fully saturated rings. The van der Waals surface area contributed by atoms with Crippen LogP contribution in [0.1, 0.15) is 16.2 Å². The predicted octanol–water partition coefficient (Wildman–Crippen LogP) is 2.00. The number of hydrogen-bond donors (Lipinski definition) is 3. The summed E-state index contributed by atoms with van der Waals surface area (Å²) in [6, 6.07) is 18.3. The van der Waals surface area contributed by atoms with E-state index in [1.807, 2.05) is 47.9 Å². The van der Waals surface area contributed by atoms with Crippen LogP contribution in [0.2, 0.25) is 0 Å². The second-order valence-corrected chi connectivity index (χ2v) is 7.16. The van der Waals surface area contributed by atoms with Crippen LogP contribution in [0.15, 0.2) is 65.8 Å². The number of benzene rings is 2. The van der Waals surface area contributed by atoms with Crippen LogP contribution in [0, 0.1) is 6.92 Å². The maximum absolute atomic E-state index is 12.1. The molecule has 1 heterocycles. The summed E-state index contributed by atoms with van der Waals surface area (Å²) in [5.41, 5.74) is 6.35. The van der Waals surface area contributed by atoms with Gasteiger partial charge in [-0.2, -0.15) is 0 Å². The largest absolute Gasteiger partial charge is 0.298 e. The van der Waals surface area contributed by atoms with Gasteiger partial charge in [-0.1, -0.05) is 48.2 Å². The molecule has 3 rings (SSSR count). The average Bonchev–Trinajstić information content (AvgIpc) is 3.12. The molecule has 1 aromatic heterocycles. The van der Waals surface area contributed by atoms with E-state index in [2.05, 4.69) is 26.4 Å². The van der Waals surface area contributed by atoms with Crippen LogP contribution in [-0.4, -0.2) is 37.4 Å². The molecule has 0 aliphatic carbocycles. The molecule has 2 aromatic carbocycles. The molecule has 3 aromatic rings. The highest BCUT2D eigenvalue weighted by Gasteiger charge is 2.13. The Balaban J connectivity index is 1.49. The lowest BCUT2D eigenvalue weighted by Gasteiger charge is -2.11. The van der Waals surface area contributed by atoms with Crippen molar-refractivity contribution in [2.45, 2.75) is 12.1 Å². The Morgan fingerprint density at radius 3 is 2.34 bits per heavy atom. The first-order valence-corrected chi connectivity index (χ1v) is 9.99. The number of aromatic nitrogens is 3. The molecular formula is C19H18N6O2S2. The summed E-state index contributed by atoms with van der Waals surface area (Å²) in [6.07, 6.45) is 0. The molecule has 8 nitrogen and oxygen atoms in total. The maximum Gasteiger partial charge on any atom is 0.257 e. The minimum absolute atomic E-state index is 0.000463. The van der Waals surface area contributed by atoms with E-state index >= 15 is 0 Å². The molecule has 0 spiro atoms. The van der Waals surface area contributed by atoms with Crippen molar-refractivity contribution in [3.05, 3.63) is 72.1 Å². The minimum Gasteiger partial charge on any atom is -0.298 e. The van der Waals surface area contributed by atoms with Gasteiger partial charge in [0.05, 0.1) is 5.75 Å².